The third-order valence-electron chi connectivity index (χ3n) is 7.73. The van der Waals surface area contributed by atoms with Crippen LogP contribution in [0.5, 0.6) is 0 Å². The van der Waals surface area contributed by atoms with E-state index in [0.29, 0.717) is 35.8 Å². The Kier molecular flexibility index (Phi) is 12.1. The van der Waals surface area contributed by atoms with Crippen molar-refractivity contribution >= 4 is 68.7 Å². The number of amides is 8. The summed E-state index contributed by atoms with van der Waals surface area (Å²) in [6, 6.07) is 25.8. The van der Waals surface area contributed by atoms with E-state index in [1.807, 2.05) is 54.1 Å². The molecule has 0 aliphatic carbocycles. The number of aryl methyl sites for hydroxylation is 1. The number of rotatable bonds is 12. The lowest BCUT2D eigenvalue weighted by atomic mass is 10.1. The zero-order valence-electron chi connectivity index (χ0n) is 27.9. The summed E-state index contributed by atoms with van der Waals surface area (Å²) in [4.78, 5) is 48.9. The Hall–Kier alpha value is -6.45. The maximum absolute atomic E-state index is 12.8. The second-order valence-corrected chi connectivity index (χ2v) is 11.5. The highest BCUT2D eigenvalue weighted by atomic mass is 16.3. The number of urea groups is 4. The predicted octanol–water partition coefficient (Wildman–Crippen LogP) is 3.69. The molecule has 51 heavy (non-hydrogen) atoms. The van der Waals surface area contributed by atoms with Gasteiger partial charge in [-0.2, -0.15) is 4.57 Å². The first-order valence-corrected chi connectivity index (χ1v) is 16.2. The van der Waals surface area contributed by atoms with Crippen molar-refractivity contribution in [1.82, 2.24) is 21.3 Å². The molecule has 8 amide bonds. The van der Waals surface area contributed by atoms with Crippen LogP contribution in [0.1, 0.15) is 11.1 Å². The largest absolute Gasteiger partial charge is 0.395 e. The molecule has 5 rings (SSSR count). The smallest absolute Gasteiger partial charge is 0.323 e. The quantitative estimate of drug-likeness (QED) is 0.0695. The van der Waals surface area contributed by atoms with E-state index in [1.165, 1.54) is 0 Å². The number of carbonyl (C=O) groups is 4. The van der Waals surface area contributed by atoms with Gasteiger partial charge in [0.25, 0.3) is 0 Å². The molecule has 5 aromatic rings. The third kappa shape index (κ3) is 10.3. The van der Waals surface area contributed by atoms with Gasteiger partial charge in [0.2, 0.25) is 11.0 Å². The van der Waals surface area contributed by atoms with Crippen LogP contribution in [0.25, 0.3) is 21.8 Å². The van der Waals surface area contributed by atoms with Gasteiger partial charge < -0.3 is 52.7 Å². The van der Waals surface area contributed by atoms with Crippen LogP contribution < -0.4 is 47.1 Å². The molecule has 0 fully saturated rings. The van der Waals surface area contributed by atoms with Gasteiger partial charge in [0.1, 0.15) is 7.05 Å². The van der Waals surface area contributed by atoms with Crippen molar-refractivity contribution in [2.45, 2.75) is 13.1 Å². The van der Waals surface area contributed by atoms with E-state index in [1.54, 1.807) is 48.5 Å². The van der Waals surface area contributed by atoms with Crippen molar-refractivity contribution < 1.29 is 34.0 Å². The second-order valence-electron chi connectivity index (χ2n) is 11.5. The van der Waals surface area contributed by atoms with E-state index in [-0.39, 0.29) is 38.4 Å². The molecule has 264 valence electrons. The molecule has 0 unspecified atom stereocenters. The highest BCUT2D eigenvalue weighted by Gasteiger charge is 2.15. The molecular weight excluding hydrogens is 654 g/mol. The van der Waals surface area contributed by atoms with Crippen LogP contribution in [0.2, 0.25) is 0 Å². The summed E-state index contributed by atoms with van der Waals surface area (Å²) in [5.74, 6) is 0. The Morgan fingerprint density at radius 3 is 1.25 bits per heavy atom. The fourth-order valence-corrected chi connectivity index (χ4v) is 5.19. The summed E-state index contributed by atoms with van der Waals surface area (Å²) in [7, 11) is 1.91. The second kappa shape index (κ2) is 17.3. The van der Waals surface area contributed by atoms with Gasteiger partial charge in [0.05, 0.1) is 13.2 Å². The minimum atomic E-state index is -0.419. The molecule has 0 saturated heterocycles. The minimum absolute atomic E-state index is 0.136. The molecule has 15 nitrogen and oxygen atoms in total. The number of hydrogen-bond acceptors (Lipinski definition) is 6. The Morgan fingerprint density at radius 2 is 0.863 bits per heavy atom. The maximum Gasteiger partial charge on any atom is 0.323 e. The molecule has 1 heterocycles. The molecule has 0 aliphatic heterocycles. The van der Waals surface area contributed by atoms with Crippen molar-refractivity contribution in [1.29, 1.82) is 0 Å². The summed E-state index contributed by atoms with van der Waals surface area (Å²) >= 11 is 0. The number of anilines is 4. The molecule has 0 aliphatic rings. The van der Waals surface area contributed by atoms with Gasteiger partial charge in [0, 0.05) is 71.8 Å². The van der Waals surface area contributed by atoms with Crippen molar-refractivity contribution in [3.8, 4) is 0 Å². The van der Waals surface area contributed by atoms with Gasteiger partial charge in [-0.1, -0.05) is 24.3 Å². The number of benzene rings is 4. The first kappa shape index (κ1) is 35.8. The molecule has 15 heteroatoms. The number of aliphatic hydroxyl groups is 2. The van der Waals surface area contributed by atoms with Gasteiger partial charge in [0.15, 0.2) is 0 Å². The number of nitrogens with one attached hydrogen (secondary N) is 8. The first-order valence-electron chi connectivity index (χ1n) is 16.2. The van der Waals surface area contributed by atoms with E-state index >= 15 is 0 Å². The zero-order chi connectivity index (χ0) is 36.2. The van der Waals surface area contributed by atoms with Gasteiger partial charge in [-0.3, -0.25) is 0 Å². The molecule has 1 aromatic heterocycles. The summed E-state index contributed by atoms with van der Waals surface area (Å²) < 4.78 is 1.99. The molecule has 0 spiro atoms. The number of pyridine rings is 1. The first-order chi connectivity index (χ1) is 24.7. The number of aromatic nitrogens is 1. The average Bonchev–Trinajstić information content (AvgIpc) is 3.13. The van der Waals surface area contributed by atoms with Gasteiger partial charge in [-0.25, -0.2) is 19.2 Å². The van der Waals surface area contributed by atoms with E-state index < -0.39 is 12.1 Å². The molecular formula is C36H40N9O6+. The molecule has 0 radical (unpaired) electrons. The average molecular weight is 695 g/mol. The molecule has 0 atom stereocenters. The molecule has 4 aromatic carbocycles. The van der Waals surface area contributed by atoms with Crippen LogP contribution in [0.15, 0.2) is 91.0 Å². The van der Waals surface area contributed by atoms with Gasteiger partial charge in [-0.15, -0.1) is 0 Å². The Morgan fingerprint density at radius 1 is 0.490 bits per heavy atom. The molecule has 0 bridgehead atoms. The number of aliphatic hydroxyl groups excluding tert-OH is 2. The number of fused-ring (bicyclic) bond motifs is 2. The van der Waals surface area contributed by atoms with E-state index in [9.17, 15) is 19.2 Å². The minimum Gasteiger partial charge on any atom is -0.395 e. The Bertz CT molecular complexity index is 1880. The predicted molar refractivity (Wildman–Crippen MR) is 195 cm³/mol. The monoisotopic (exact) mass is 694 g/mol. The van der Waals surface area contributed by atoms with Crippen molar-refractivity contribution in [3.63, 3.8) is 0 Å². The number of nitrogens with zero attached hydrogens (tertiary/aromatic N) is 1. The topological polar surface area (TPSA) is 209 Å². The SMILES string of the molecule is C[n+]1c2cc(NC(=O)Nc3ccc(CNC(=O)NCCO)cc3)ccc2cc2ccc(NC(=O)Nc3ccc(CNC(=O)NCCO)cc3)cc21. The summed E-state index contributed by atoms with van der Waals surface area (Å²) in [6.45, 7) is 0.660. The molecule has 0 saturated carbocycles. The lowest BCUT2D eigenvalue weighted by Gasteiger charge is -2.11. The van der Waals surface area contributed by atoms with Gasteiger partial charge in [-0.05, 0) is 65.7 Å². The lowest BCUT2D eigenvalue weighted by molar-refractivity contribution is -0.617. The van der Waals surface area contributed by atoms with Crippen LogP contribution in [0, 0.1) is 0 Å². The van der Waals surface area contributed by atoms with E-state index in [4.69, 9.17) is 10.2 Å². The molecule has 10 N–H and O–H groups in total. The van der Waals surface area contributed by atoms with E-state index in [2.05, 4.69) is 42.5 Å². The van der Waals surface area contributed by atoms with Crippen LogP contribution in [-0.2, 0) is 20.1 Å². The standard InChI is InChI=1S/C36H39N9O6/c1-45-31-19-29(43-35(50)41-27-8-2-23(3-9-27)21-39-33(48)37-14-16-46)12-6-25(31)18-26-7-13-30(20-32(26)45)44-36(51)42-28-10-4-24(5-11-28)22-40-34(49)38-15-17-47/h2-13,18-20,46-47H,14-17,21-22H2,1H3,(H7,37,38,39,40,41,42,43,44,48,49,50,51)/p+1. The van der Waals surface area contributed by atoms with E-state index in [0.717, 1.165) is 32.9 Å². The highest BCUT2D eigenvalue weighted by Crippen LogP contribution is 2.24. The normalized spacial score (nSPS) is 10.6. The summed E-state index contributed by atoms with van der Waals surface area (Å²) in [6.07, 6.45) is 0. The zero-order valence-corrected chi connectivity index (χ0v) is 27.9. The third-order valence-corrected chi connectivity index (χ3v) is 7.73. The number of carbonyl (C=O) groups excluding carboxylic acids is 4. The van der Waals surface area contributed by atoms with Crippen LogP contribution in [-0.4, -0.2) is 60.6 Å². The van der Waals surface area contributed by atoms with Crippen molar-refractivity contribution in [2.24, 2.45) is 7.05 Å². The number of hydrogen-bond donors (Lipinski definition) is 10. The Balaban J connectivity index is 1.18. The lowest BCUT2D eigenvalue weighted by Crippen LogP contribution is -2.36. The van der Waals surface area contributed by atoms with Crippen LogP contribution in [0.3, 0.4) is 0 Å². The van der Waals surface area contributed by atoms with Crippen LogP contribution >= 0.6 is 0 Å². The maximum atomic E-state index is 12.8. The fraction of sp³-hybridized carbons (Fsp3) is 0.194. The summed E-state index contributed by atoms with van der Waals surface area (Å²) in [5, 5.41) is 41.3. The highest BCUT2D eigenvalue weighted by molar-refractivity contribution is 6.02. The van der Waals surface area contributed by atoms with Crippen molar-refractivity contribution in [3.05, 3.63) is 102 Å². The van der Waals surface area contributed by atoms with Gasteiger partial charge >= 0.3 is 24.1 Å². The fourth-order valence-electron chi connectivity index (χ4n) is 5.19. The van der Waals surface area contributed by atoms with Crippen LogP contribution in [0.4, 0.5) is 41.9 Å². The Labute approximate surface area is 293 Å². The summed E-state index contributed by atoms with van der Waals surface area (Å²) in [5.41, 5.74) is 5.74. The van der Waals surface area contributed by atoms with Crippen molar-refractivity contribution in [2.75, 3.05) is 47.6 Å².